The van der Waals surface area contributed by atoms with Gasteiger partial charge >= 0.3 is 5.97 Å². The second-order valence-corrected chi connectivity index (χ2v) is 35.9. The number of hydrogen-bond donors (Lipinski definition) is 0. The zero-order valence-electron chi connectivity index (χ0n) is 23.6. The summed E-state index contributed by atoms with van der Waals surface area (Å²) in [6.45, 7) is 32.4. The number of carbonyl (C=O) groups is 1. The van der Waals surface area contributed by atoms with Crippen molar-refractivity contribution in [2.45, 2.75) is 116 Å². The van der Waals surface area contributed by atoms with Gasteiger partial charge < -0.3 is 22.1 Å². The second kappa shape index (κ2) is 11.4. The number of hydrogen-bond acceptors (Lipinski definition) is 6. The fourth-order valence-corrected chi connectivity index (χ4v) is 7.59. The molecule has 0 aliphatic rings. The van der Waals surface area contributed by atoms with Crippen LogP contribution in [0.2, 0.25) is 98.2 Å². The molecule has 0 saturated heterocycles. The van der Waals surface area contributed by atoms with E-state index in [2.05, 4.69) is 78.6 Å². The van der Waals surface area contributed by atoms with Gasteiger partial charge in [-0.15, -0.1) is 0 Å². The van der Waals surface area contributed by atoms with Gasteiger partial charge in [0.05, 0.1) is 19.3 Å². The predicted octanol–water partition coefficient (Wildman–Crippen LogP) is 6.27. The van der Waals surface area contributed by atoms with E-state index < -0.39 is 47.2 Å². The Bertz CT molecular complexity index is 596. The molecule has 0 radical (unpaired) electrons. The molecule has 11 heteroatoms. The SMILES string of the molecule is C[Si](C)(C)OC[C@H](C[C@@](CO[Si](C)(C)C)(O[Si](C)(C)C)C(=O)O[Si](C)(C)C)O[Si](C)(C)C. The van der Waals surface area contributed by atoms with Gasteiger partial charge in [-0.2, -0.15) is 0 Å². The maximum Gasteiger partial charge on any atom is 0.326 e. The van der Waals surface area contributed by atoms with Crippen molar-refractivity contribution in [2.75, 3.05) is 13.2 Å². The number of rotatable bonds is 14. The molecule has 192 valence electrons. The molecule has 0 aliphatic heterocycles. The van der Waals surface area contributed by atoms with E-state index >= 15 is 0 Å². The van der Waals surface area contributed by atoms with Crippen LogP contribution in [0.5, 0.6) is 0 Å². The van der Waals surface area contributed by atoms with E-state index in [4.69, 9.17) is 22.1 Å². The Morgan fingerprint density at radius 1 is 0.656 bits per heavy atom. The molecule has 0 spiro atoms. The summed E-state index contributed by atoms with van der Waals surface area (Å²) < 4.78 is 31.9. The number of carbonyl (C=O) groups excluding carboxylic acids is 1. The van der Waals surface area contributed by atoms with E-state index in [1.165, 1.54) is 0 Å². The maximum atomic E-state index is 13.7. The quantitative estimate of drug-likeness (QED) is 0.242. The summed E-state index contributed by atoms with van der Waals surface area (Å²) in [6, 6.07) is 0. The predicted molar refractivity (Wildman–Crippen MR) is 148 cm³/mol. The van der Waals surface area contributed by atoms with Gasteiger partial charge in [-0.3, -0.25) is 4.79 Å². The van der Waals surface area contributed by atoms with Crippen LogP contribution in [0.1, 0.15) is 6.42 Å². The summed E-state index contributed by atoms with van der Waals surface area (Å²) in [5.41, 5.74) is -1.20. The maximum absolute atomic E-state index is 13.7. The summed E-state index contributed by atoms with van der Waals surface area (Å²) in [6.07, 6.45) is 0.115. The lowest BCUT2D eigenvalue weighted by Crippen LogP contribution is -2.58. The molecular formula is C21H52O6Si5. The van der Waals surface area contributed by atoms with Gasteiger partial charge in [0, 0.05) is 6.42 Å². The third-order valence-corrected chi connectivity index (χ3v) is 8.68. The Morgan fingerprint density at radius 3 is 1.47 bits per heavy atom. The molecule has 0 saturated carbocycles. The van der Waals surface area contributed by atoms with Crippen LogP contribution in [0.4, 0.5) is 0 Å². The first kappa shape index (κ1) is 32.4. The molecule has 32 heavy (non-hydrogen) atoms. The normalized spacial score (nSPS) is 17.1. The van der Waals surface area contributed by atoms with Gasteiger partial charge in [0.2, 0.25) is 8.32 Å². The van der Waals surface area contributed by atoms with Gasteiger partial charge in [-0.05, 0) is 98.2 Å². The van der Waals surface area contributed by atoms with Crippen LogP contribution in [0.15, 0.2) is 0 Å². The zero-order chi connectivity index (χ0) is 25.8. The third-order valence-electron chi connectivity index (χ3n) is 3.79. The molecule has 0 aromatic rings. The van der Waals surface area contributed by atoms with Crippen LogP contribution < -0.4 is 0 Å². The van der Waals surface area contributed by atoms with E-state index in [1.807, 2.05) is 19.6 Å². The van der Waals surface area contributed by atoms with Crippen molar-refractivity contribution >= 4 is 47.6 Å². The fraction of sp³-hybridized carbons (Fsp3) is 0.952. The van der Waals surface area contributed by atoms with Gasteiger partial charge in [0.25, 0.3) is 0 Å². The first-order chi connectivity index (χ1) is 13.8. The van der Waals surface area contributed by atoms with Crippen LogP contribution in [0.3, 0.4) is 0 Å². The van der Waals surface area contributed by atoms with Gasteiger partial charge in [-0.1, -0.05) is 0 Å². The summed E-state index contributed by atoms with van der Waals surface area (Å²) in [7, 11) is -9.85. The minimum Gasteiger partial charge on any atom is -0.518 e. The van der Waals surface area contributed by atoms with Crippen LogP contribution in [-0.2, 0) is 26.9 Å². The highest BCUT2D eigenvalue weighted by atomic mass is 28.4. The monoisotopic (exact) mass is 540 g/mol. The van der Waals surface area contributed by atoms with E-state index in [1.54, 1.807) is 0 Å². The molecule has 0 N–H and O–H groups in total. The van der Waals surface area contributed by atoms with E-state index in [-0.39, 0.29) is 18.7 Å². The van der Waals surface area contributed by atoms with Gasteiger partial charge in [0.1, 0.15) is 0 Å². The lowest BCUT2D eigenvalue weighted by Gasteiger charge is -2.42. The molecule has 0 heterocycles. The molecule has 0 fully saturated rings. The molecule has 0 bridgehead atoms. The molecule has 0 amide bonds. The lowest BCUT2D eigenvalue weighted by molar-refractivity contribution is -0.161. The van der Waals surface area contributed by atoms with E-state index in [0.29, 0.717) is 13.0 Å². The fourth-order valence-electron chi connectivity index (χ4n) is 2.95. The molecule has 2 atom stereocenters. The van der Waals surface area contributed by atoms with Crippen molar-refractivity contribution in [1.29, 1.82) is 0 Å². The lowest BCUT2D eigenvalue weighted by atomic mass is 9.97. The Hall–Kier alpha value is 0.394. The Morgan fingerprint density at radius 2 is 1.12 bits per heavy atom. The van der Waals surface area contributed by atoms with E-state index in [0.717, 1.165) is 0 Å². The zero-order valence-corrected chi connectivity index (χ0v) is 28.6. The average Bonchev–Trinajstić information content (AvgIpc) is 2.44. The highest BCUT2D eigenvalue weighted by Gasteiger charge is 2.49. The topological polar surface area (TPSA) is 63.2 Å². The molecule has 0 aromatic heterocycles. The standard InChI is InChI=1S/C21H52O6Si5/c1-28(2,3)23-17-19(25-30(7,8)9)16-21(27-32(13,14)15,18-24-29(4,5)6)20(22)26-31(10,11)12/h19H,16-18H2,1-15H3/t19-,21-/m0/s1. The highest BCUT2D eigenvalue weighted by molar-refractivity contribution is 6.72. The van der Waals surface area contributed by atoms with E-state index in [9.17, 15) is 4.79 Å². The minimum absolute atomic E-state index is 0.189. The summed E-state index contributed by atoms with van der Waals surface area (Å²) in [5, 5.41) is 0. The molecule has 0 aliphatic carbocycles. The van der Waals surface area contributed by atoms with Crippen molar-refractivity contribution in [1.82, 2.24) is 0 Å². The molecular weight excluding hydrogens is 489 g/mol. The first-order valence-corrected chi connectivity index (χ1v) is 28.8. The molecule has 6 nitrogen and oxygen atoms in total. The highest BCUT2D eigenvalue weighted by Crippen LogP contribution is 2.31. The Balaban J connectivity index is 6.33. The largest absolute Gasteiger partial charge is 0.518 e. The van der Waals surface area contributed by atoms with Crippen molar-refractivity contribution in [3.05, 3.63) is 0 Å². The van der Waals surface area contributed by atoms with Crippen LogP contribution in [0.25, 0.3) is 0 Å². The first-order valence-electron chi connectivity index (χ1n) is 11.7. The second-order valence-electron chi connectivity index (χ2n) is 13.6. The van der Waals surface area contributed by atoms with Crippen LogP contribution in [-0.4, -0.2) is 72.5 Å². The van der Waals surface area contributed by atoms with Crippen LogP contribution in [0, 0.1) is 0 Å². The summed E-state index contributed by atoms with van der Waals surface area (Å²) >= 11 is 0. The summed E-state index contributed by atoms with van der Waals surface area (Å²) in [5.74, 6) is -0.311. The Kier molecular flexibility index (Phi) is 11.6. The van der Waals surface area contributed by atoms with Crippen molar-refractivity contribution in [3.8, 4) is 0 Å². The molecule has 0 rings (SSSR count). The van der Waals surface area contributed by atoms with Gasteiger partial charge in [-0.25, -0.2) is 0 Å². The smallest absolute Gasteiger partial charge is 0.326 e. The molecule has 0 unspecified atom stereocenters. The summed E-state index contributed by atoms with van der Waals surface area (Å²) in [4.78, 5) is 13.7. The minimum atomic E-state index is -2.14. The third kappa shape index (κ3) is 16.1. The van der Waals surface area contributed by atoms with Crippen LogP contribution >= 0.6 is 0 Å². The van der Waals surface area contributed by atoms with Crippen molar-refractivity contribution < 1.29 is 26.9 Å². The van der Waals surface area contributed by atoms with Crippen molar-refractivity contribution in [3.63, 3.8) is 0 Å². The average molecular weight is 541 g/mol. The van der Waals surface area contributed by atoms with Gasteiger partial charge in [0.15, 0.2) is 38.9 Å². The molecule has 0 aromatic carbocycles. The Labute approximate surface area is 203 Å². The van der Waals surface area contributed by atoms with Crippen molar-refractivity contribution in [2.24, 2.45) is 0 Å².